The predicted molar refractivity (Wildman–Crippen MR) is 139 cm³/mol. The highest BCUT2D eigenvalue weighted by Crippen LogP contribution is 2.40. The third-order valence-corrected chi connectivity index (χ3v) is 7.83. The molecular formula is C28H30O3S2. The second-order valence-corrected chi connectivity index (χ2v) is 10.3. The number of thioether (sulfide) groups is 2. The second-order valence-electron chi connectivity index (χ2n) is 7.87. The number of benzene rings is 3. The molecular weight excluding hydrogens is 448 g/mol. The average Bonchev–Trinajstić information content (AvgIpc) is 2.88. The van der Waals surface area contributed by atoms with Crippen molar-refractivity contribution in [3.8, 4) is 0 Å². The van der Waals surface area contributed by atoms with Crippen molar-refractivity contribution in [3.05, 3.63) is 118 Å². The van der Waals surface area contributed by atoms with Crippen LogP contribution in [0, 0.1) is 0 Å². The number of rotatable bonds is 11. The fourth-order valence-electron chi connectivity index (χ4n) is 3.69. The van der Waals surface area contributed by atoms with Crippen LogP contribution in [0.3, 0.4) is 0 Å². The van der Waals surface area contributed by atoms with Crippen LogP contribution in [-0.2, 0) is 34.0 Å². The van der Waals surface area contributed by atoms with E-state index in [0.717, 1.165) is 11.1 Å². The van der Waals surface area contributed by atoms with Crippen LogP contribution in [-0.4, -0.2) is 30.3 Å². The first-order chi connectivity index (χ1) is 16.3. The fourth-order valence-corrected chi connectivity index (χ4v) is 5.76. The van der Waals surface area contributed by atoms with E-state index in [4.69, 9.17) is 14.2 Å². The Kier molecular flexibility index (Phi) is 9.51. The van der Waals surface area contributed by atoms with E-state index >= 15 is 0 Å². The lowest BCUT2D eigenvalue weighted by atomic mass is 10.1. The van der Waals surface area contributed by atoms with E-state index in [0.29, 0.717) is 26.4 Å². The summed E-state index contributed by atoms with van der Waals surface area (Å²) in [6, 6.07) is 30.9. The zero-order valence-electron chi connectivity index (χ0n) is 18.8. The van der Waals surface area contributed by atoms with Crippen molar-refractivity contribution in [1.29, 1.82) is 0 Å². The predicted octanol–water partition coefficient (Wildman–Crippen LogP) is 6.69. The molecule has 0 fully saturated rings. The van der Waals surface area contributed by atoms with Crippen LogP contribution in [0.25, 0.3) is 0 Å². The smallest absolute Gasteiger partial charge is 0.105 e. The molecule has 3 atom stereocenters. The van der Waals surface area contributed by atoms with Crippen LogP contribution in [0.2, 0.25) is 0 Å². The van der Waals surface area contributed by atoms with Gasteiger partial charge in [0, 0.05) is 4.24 Å². The van der Waals surface area contributed by atoms with Gasteiger partial charge in [0.1, 0.15) is 12.2 Å². The Bertz CT molecular complexity index is 980. The maximum Gasteiger partial charge on any atom is 0.105 e. The number of hydrogen-bond donors (Lipinski definition) is 0. The van der Waals surface area contributed by atoms with Gasteiger partial charge in [0.05, 0.1) is 31.7 Å². The molecule has 0 saturated carbocycles. The highest BCUT2D eigenvalue weighted by atomic mass is 32.2. The minimum absolute atomic E-state index is 0.106. The van der Waals surface area contributed by atoms with Crippen LogP contribution in [0.4, 0.5) is 0 Å². The molecule has 0 aromatic heterocycles. The average molecular weight is 479 g/mol. The lowest BCUT2D eigenvalue weighted by Gasteiger charge is -2.36. The molecule has 3 aromatic carbocycles. The Morgan fingerprint density at radius 1 is 0.697 bits per heavy atom. The number of hydrogen-bond acceptors (Lipinski definition) is 5. The van der Waals surface area contributed by atoms with Gasteiger partial charge in [0.2, 0.25) is 0 Å². The Hall–Kier alpha value is -2.02. The Balaban J connectivity index is 1.46. The molecule has 3 aromatic rings. The molecule has 4 rings (SSSR count). The summed E-state index contributed by atoms with van der Waals surface area (Å²) in [5.74, 6) is 0. The van der Waals surface area contributed by atoms with Crippen molar-refractivity contribution in [2.45, 2.75) is 37.3 Å². The van der Waals surface area contributed by atoms with Crippen LogP contribution in [0.1, 0.15) is 16.7 Å². The minimum Gasteiger partial charge on any atom is -0.376 e. The van der Waals surface area contributed by atoms with Gasteiger partial charge in [-0.15, -0.1) is 23.5 Å². The van der Waals surface area contributed by atoms with Crippen molar-refractivity contribution < 1.29 is 14.2 Å². The first kappa shape index (κ1) is 24.1. The summed E-state index contributed by atoms with van der Waals surface area (Å²) >= 11 is 3.58. The van der Waals surface area contributed by atoms with Gasteiger partial charge in [-0.2, -0.15) is 0 Å². The summed E-state index contributed by atoms with van der Waals surface area (Å²) in [4.78, 5) is 0. The lowest BCUT2D eigenvalue weighted by Crippen LogP contribution is -2.43. The Labute approximate surface area is 205 Å². The molecule has 0 amide bonds. The summed E-state index contributed by atoms with van der Waals surface area (Å²) in [7, 11) is 0. The molecule has 1 aliphatic heterocycles. The molecule has 1 heterocycles. The van der Waals surface area contributed by atoms with E-state index in [9.17, 15) is 0 Å². The molecule has 3 nitrogen and oxygen atoms in total. The summed E-state index contributed by atoms with van der Waals surface area (Å²) in [5.41, 5.74) is 3.50. The lowest BCUT2D eigenvalue weighted by molar-refractivity contribution is -0.0745. The van der Waals surface area contributed by atoms with Gasteiger partial charge in [-0.05, 0) is 29.0 Å². The van der Waals surface area contributed by atoms with Crippen molar-refractivity contribution in [2.24, 2.45) is 0 Å². The van der Waals surface area contributed by atoms with Crippen molar-refractivity contribution in [3.63, 3.8) is 0 Å². The van der Waals surface area contributed by atoms with Crippen molar-refractivity contribution in [1.82, 2.24) is 0 Å². The van der Waals surface area contributed by atoms with Gasteiger partial charge in [0.15, 0.2) is 0 Å². The quantitative estimate of drug-likeness (QED) is 0.306. The maximum atomic E-state index is 6.50. The van der Waals surface area contributed by atoms with Gasteiger partial charge in [-0.3, -0.25) is 0 Å². The minimum atomic E-state index is -0.136. The largest absolute Gasteiger partial charge is 0.376 e. The van der Waals surface area contributed by atoms with E-state index in [2.05, 4.69) is 48.7 Å². The van der Waals surface area contributed by atoms with Gasteiger partial charge < -0.3 is 14.2 Å². The van der Waals surface area contributed by atoms with Crippen LogP contribution < -0.4 is 0 Å². The first-order valence-corrected chi connectivity index (χ1v) is 13.3. The highest BCUT2D eigenvalue weighted by molar-refractivity contribution is 8.22. The third kappa shape index (κ3) is 7.49. The fraction of sp³-hybridized carbons (Fsp3) is 0.286. The van der Waals surface area contributed by atoms with E-state index in [-0.39, 0.29) is 17.5 Å². The molecule has 0 N–H and O–H groups in total. The van der Waals surface area contributed by atoms with E-state index in [1.165, 1.54) is 9.80 Å². The zero-order valence-corrected chi connectivity index (χ0v) is 20.5. The number of ether oxygens (including phenoxy) is 3. The monoisotopic (exact) mass is 478 g/mol. The van der Waals surface area contributed by atoms with E-state index < -0.39 is 0 Å². The molecule has 0 bridgehead atoms. The van der Waals surface area contributed by atoms with Gasteiger partial charge in [-0.25, -0.2) is 0 Å². The zero-order chi connectivity index (χ0) is 22.7. The summed E-state index contributed by atoms with van der Waals surface area (Å²) in [6.45, 7) is 2.30. The standard InChI is InChI=1S/C28H30O3S2/c1-32-27-17-25(30-19-23-13-7-3-8-14-23)28(31-20-24-15-9-4-10-16-24)26(33-27)21-29-18-22-11-5-2-6-12-22/h2-17,25-26,28H,18-21H2,1H3/t25-,26+,28+/m1/s1. The molecule has 0 saturated heterocycles. The Morgan fingerprint density at radius 3 is 1.76 bits per heavy atom. The van der Waals surface area contributed by atoms with Crippen molar-refractivity contribution >= 4 is 23.5 Å². The molecule has 0 spiro atoms. The molecule has 5 heteroatoms. The van der Waals surface area contributed by atoms with Crippen LogP contribution >= 0.6 is 23.5 Å². The Morgan fingerprint density at radius 2 is 1.21 bits per heavy atom. The normalized spacial score (nSPS) is 20.4. The highest BCUT2D eigenvalue weighted by Gasteiger charge is 2.36. The molecule has 33 heavy (non-hydrogen) atoms. The van der Waals surface area contributed by atoms with Crippen molar-refractivity contribution in [2.75, 3.05) is 12.9 Å². The van der Waals surface area contributed by atoms with Crippen LogP contribution in [0.15, 0.2) is 101 Å². The maximum absolute atomic E-state index is 6.50. The topological polar surface area (TPSA) is 27.7 Å². The van der Waals surface area contributed by atoms with Gasteiger partial charge >= 0.3 is 0 Å². The summed E-state index contributed by atoms with van der Waals surface area (Å²) in [6.07, 6.45) is 4.08. The second kappa shape index (κ2) is 13.0. The van der Waals surface area contributed by atoms with Gasteiger partial charge in [-0.1, -0.05) is 91.0 Å². The molecule has 0 aliphatic carbocycles. The molecule has 0 radical (unpaired) electrons. The third-order valence-electron chi connectivity index (χ3n) is 5.42. The van der Waals surface area contributed by atoms with Gasteiger partial charge in [0.25, 0.3) is 0 Å². The van der Waals surface area contributed by atoms with E-state index in [1.54, 1.807) is 11.8 Å². The molecule has 0 unspecified atom stereocenters. The summed E-state index contributed by atoms with van der Waals surface area (Å²) in [5, 5.41) is 0.144. The SMILES string of the molecule is CSC1=C[C@@H](OCc2ccccc2)[C@H](OCc2ccccc2)[C@H](COCc2ccccc2)S1. The van der Waals surface area contributed by atoms with E-state index in [1.807, 2.05) is 66.4 Å². The summed E-state index contributed by atoms with van der Waals surface area (Å²) < 4.78 is 20.3. The molecule has 1 aliphatic rings. The molecule has 172 valence electrons. The van der Waals surface area contributed by atoms with Crippen LogP contribution in [0.5, 0.6) is 0 Å². The first-order valence-electron chi connectivity index (χ1n) is 11.2.